The number of hydrogen-bond acceptors (Lipinski definition) is 8. The second kappa shape index (κ2) is 13.6. The molecule has 2 N–H and O–H groups in total. The molecule has 11 heteroatoms. The molecule has 1 aliphatic rings. The van der Waals surface area contributed by atoms with E-state index < -0.39 is 24.5 Å². The van der Waals surface area contributed by atoms with Gasteiger partial charge in [0.05, 0.1) is 12.1 Å². The van der Waals surface area contributed by atoms with Gasteiger partial charge in [0.1, 0.15) is 0 Å². The van der Waals surface area contributed by atoms with Gasteiger partial charge < -0.3 is 25.2 Å². The number of tetrazole rings is 1. The second-order valence-electron chi connectivity index (χ2n) is 8.68. The van der Waals surface area contributed by atoms with Gasteiger partial charge in [0.25, 0.3) is 0 Å². The van der Waals surface area contributed by atoms with Gasteiger partial charge in [0.15, 0.2) is 5.82 Å². The van der Waals surface area contributed by atoms with E-state index in [2.05, 4.69) is 33.0 Å². The van der Waals surface area contributed by atoms with Gasteiger partial charge >= 0.3 is 29.6 Å². The van der Waals surface area contributed by atoms with Crippen LogP contribution in [0.1, 0.15) is 47.8 Å². The van der Waals surface area contributed by atoms with Gasteiger partial charge in [-0.15, -0.1) is 5.10 Å². The van der Waals surface area contributed by atoms with Gasteiger partial charge in [-0.2, -0.15) is 0 Å². The normalized spacial score (nSPS) is 14.4. The minimum Gasteiger partial charge on any atom is -0.550 e. The average Bonchev–Trinajstić information content (AvgIpc) is 3.32. The number of rotatable bonds is 11. The van der Waals surface area contributed by atoms with E-state index in [1.165, 1.54) is 11.1 Å². The van der Waals surface area contributed by atoms with Gasteiger partial charge in [-0.1, -0.05) is 54.6 Å². The molecule has 0 spiro atoms. The number of carboxylic acid groups (broad SMARTS) is 1. The van der Waals surface area contributed by atoms with Crippen LogP contribution < -0.4 is 40.0 Å². The number of hydrogen-bond donors (Lipinski definition) is 2. The summed E-state index contributed by atoms with van der Waals surface area (Å²) in [5, 5.41) is 36.0. The van der Waals surface area contributed by atoms with Crippen LogP contribution in [0.3, 0.4) is 0 Å². The van der Waals surface area contributed by atoms with Crippen LogP contribution in [0.4, 0.5) is 0 Å². The zero-order chi connectivity index (χ0) is 24.6. The zero-order valence-electron chi connectivity index (χ0n) is 20.4. The summed E-state index contributed by atoms with van der Waals surface area (Å²) in [6.45, 7) is 1.83. The molecule has 2 atom stereocenters. The molecule has 0 fully saturated rings. The van der Waals surface area contributed by atoms with Crippen molar-refractivity contribution in [2.45, 2.75) is 50.9 Å². The maximum atomic E-state index is 12.8. The number of nitrogens with zero attached hydrogens (tertiary/aromatic N) is 5. The monoisotopic (exact) mass is 500 g/mol. The fraction of sp³-hybridized carbons (Fsp3) is 0.400. The number of aliphatic hydroxyl groups is 1. The summed E-state index contributed by atoms with van der Waals surface area (Å²) in [4.78, 5) is 25.5. The Morgan fingerprint density at radius 1 is 1.08 bits per heavy atom. The molecule has 0 saturated heterocycles. The van der Waals surface area contributed by atoms with Crippen molar-refractivity contribution in [1.82, 2.24) is 30.4 Å². The van der Waals surface area contributed by atoms with Crippen LogP contribution >= 0.6 is 0 Å². The number of benzene rings is 2. The Morgan fingerprint density at radius 3 is 2.56 bits per heavy atom. The Morgan fingerprint density at radius 2 is 1.81 bits per heavy atom. The molecule has 1 aliphatic heterocycles. The Balaban J connectivity index is 0.00000361. The van der Waals surface area contributed by atoms with Crippen molar-refractivity contribution in [3.63, 3.8) is 0 Å². The largest absolute Gasteiger partial charge is 1.00 e. The zero-order valence-corrected chi connectivity index (χ0v) is 22.4. The SMILES string of the molecule is O=C([O-])CC(O)CN[C@@H](c1ccccc1)c1nnnn1CCCC(=O)N1CCc2ccccc2C1.[Na+]. The Hall–Kier alpha value is -2.63. The van der Waals surface area contributed by atoms with Gasteiger partial charge in [-0.25, -0.2) is 4.68 Å². The summed E-state index contributed by atoms with van der Waals surface area (Å²) in [6, 6.07) is 17.2. The molecule has 0 bridgehead atoms. The number of aromatic nitrogens is 4. The smallest absolute Gasteiger partial charge is 0.550 e. The first-order valence-electron chi connectivity index (χ1n) is 11.8. The number of carbonyl (C=O) groups is 2. The molecule has 1 unspecified atom stereocenters. The molecule has 0 radical (unpaired) electrons. The van der Waals surface area contributed by atoms with Gasteiger partial charge in [-0.05, 0) is 40.0 Å². The van der Waals surface area contributed by atoms with Crippen LogP contribution in [0, 0.1) is 0 Å². The number of aliphatic carboxylic acids is 1. The average molecular weight is 501 g/mol. The molecule has 184 valence electrons. The predicted molar refractivity (Wildman–Crippen MR) is 125 cm³/mol. The fourth-order valence-corrected chi connectivity index (χ4v) is 4.35. The second-order valence-corrected chi connectivity index (χ2v) is 8.68. The van der Waals surface area contributed by atoms with Crippen molar-refractivity contribution in [3.8, 4) is 0 Å². The van der Waals surface area contributed by atoms with Crippen molar-refractivity contribution in [2.75, 3.05) is 13.1 Å². The summed E-state index contributed by atoms with van der Waals surface area (Å²) < 4.78 is 1.65. The predicted octanol–water partition coefficient (Wildman–Crippen LogP) is -2.78. The van der Waals surface area contributed by atoms with E-state index in [1.807, 2.05) is 47.4 Å². The summed E-state index contributed by atoms with van der Waals surface area (Å²) in [5.74, 6) is -0.685. The van der Waals surface area contributed by atoms with Crippen LogP contribution in [0.5, 0.6) is 0 Å². The van der Waals surface area contributed by atoms with Crippen molar-refractivity contribution in [1.29, 1.82) is 0 Å². The molecule has 1 amide bonds. The number of aliphatic hydroxyl groups excluding tert-OH is 1. The molecule has 10 nitrogen and oxygen atoms in total. The summed E-state index contributed by atoms with van der Waals surface area (Å²) in [5.41, 5.74) is 3.37. The number of fused-ring (bicyclic) bond motifs is 1. The maximum Gasteiger partial charge on any atom is 1.00 e. The van der Waals surface area contributed by atoms with Gasteiger partial charge in [0, 0.05) is 45.0 Å². The first-order chi connectivity index (χ1) is 17.0. The van der Waals surface area contributed by atoms with Crippen LogP contribution in [-0.4, -0.2) is 61.3 Å². The molecular weight excluding hydrogens is 471 g/mol. The minimum absolute atomic E-state index is 0. The number of amides is 1. The number of nitrogens with one attached hydrogen (secondary N) is 1. The van der Waals surface area contributed by atoms with Crippen LogP contribution in [-0.2, 0) is 29.1 Å². The molecule has 0 aliphatic carbocycles. The number of carbonyl (C=O) groups excluding carboxylic acids is 2. The van der Waals surface area contributed by atoms with Gasteiger partial charge in [0.2, 0.25) is 5.91 Å². The van der Waals surface area contributed by atoms with Crippen LogP contribution in [0.2, 0.25) is 0 Å². The van der Waals surface area contributed by atoms with E-state index in [0.717, 1.165) is 18.5 Å². The first kappa shape index (κ1) is 27.9. The van der Waals surface area contributed by atoms with E-state index in [1.54, 1.807) is 4.68 Å². The third-order valence-corrected chi connectivity index (χ3v) is 6.15. The van der Waals surface area contributed by atoms with Crippen LogP contribution in [0.25, 0.3) is 0 Å². The number of carboxylic acids is 1. The van der Waals surface area contributed by atoms with Gasteiger partial charge in [-0.3, -0.25) is 4.79 Å². The maximum absolute atomic E-state index is 12.8. The summed E-state index contributed by atoms with van der Waals surface area (Å²) >= 11 is 0. The Bertz CT molecular complexity index is 1140. The first-order valence-corrected chi connectivity index (χ1v) is 11.8. The molecule has 2 aromatic carbocycles. The molecular formula is C25H29N6NaO4. The minimum atomic E-state index is -1.32. The van der Waals surface area contributed by atoms with Crippen molar-refractivity contribution in [3.05, 3.63) is 77.1 Å². The Labute approximate surface area is 232 Å². The van der Waals surface area contributed by atoms with E-state index in [0.29, 0.717) is 31.8 Å². The fourth-order valence-electron chi connectivity index (χ4n) is 4.35. The van der Waals surface area contributed by atoms with E-state index >= 15 is 0 Å². The standard InChI is InChI=1S/C25H30N6O4.Na/c32-21(15-23(34)35)16-26-24(19-8-2-1-3-9-19)25-27-28-29-31(25)13-6-11-22(33)30-14-12-18-7-4-5-10-20(18)17-30;/h1-5,7-10,21,24,26,32H,6,11-17H2,(H,34,35);/q;+1/p-1/t21?,24-;/m0./s1. The third kappa shape index (κ3) is 7.44. The Kier molecular flexibility index (Phi) is 10.6. The topological polar surface area (TPSA) is 136 Å². The van der Waals surface area contributed by atoms with E-state index in [-0.39, 0.29) is 42.0 Å². The summed E-state index contributed by atoms with van der Waals surface area (Å²) in [6.07, 6.45) is 0.248. The number of aryl methyl sites for hydroxylation is 1. The molecule has 1 aromatic heterocycles. The van der Waals surface area contributed by atoms with Crippen LogP contribution in [0.15, 0.2) is 54.6 Å². The molecule has 2 heterocycles. The quantitative estimate of drug-likeness (QED) is 0.270. The van der Waals surface area contributed by atoms with E-state index in [9.17, 15) is 19.8 Å². The summed E-state index contributed by atoms with van der Waals surface area (Å²) in [7, 11) is 0. The molecule has 36 heavy (non-hydrogen) atoms. The van der Waals surface area contributed by atoms with Crippen molar-refractivity contribution in [2.24, 2.45) is 0 Å². The third-order valence-electron chi connectivity index (χ3n) is 6.15. The molecule has 3 aromatic rings. The molecule has 0 saturated carbocycles. The van der Waals surface area contributed by atoms with Crippen molar-refractivity contribution < 1.29 is 49.4 Å². The van der Waals surface area contributed by atoms with E-state index in [4.69, 9.17) is 0 Å². The molecule has 4 rings (SSSR count). The van der Waals surface area contributed by atoms with Crippen molar-refractivity contribution >= 4 is 11.9 Å².